The molecule has 20 heteroatoms. The molecule has 0 spiro atoms. The number of nitrogens with one attached hydrogen (secondary N) is 4. The van der Waals surface area contributed by atoms with Crippen molar-refractivity contribution in [3.63, 3.8) is 0 Å². The number of thioether (sulfide) groups is 1. The predicted octanol–water partition coefficient (Wildman–Crippen LogP) is 5.46. The summed E-state index contributed by atoms with van der Waals surface area (Å²) in [7, 11) is 0. The van der Waals surface area contributed by atoms with E-state index in [4.69, 9.17) is 14.5 Å². The summed E-state index contributed by atoms with van der Waals surface area (Å²) < 4.78 is 27.6. The van der Waals surface area contributed by atoms with Gasteiger partial charge in [0.25, 0.3) is 5.56 Å². The normalized spacial score (nSPS) is 17.2. The molecule has 3 aromatic heterocycles. The number of piperidine rings is 1. The van der Waals surface area contributed by atoms with Crippen LogP contribution in [0.25, 0.3) is 22.3 Å². The maximum absolute atomic E-state index is 15.0. The van der Waals surface area contributed by atoms with Gasteiger partial charge in [-0.1, -0.05) is 65.1 Å². The fourth-order valence-corrected chi connectivity index (χ4v) is 10.8. The first kappa shape index (κ1) is 57.4. The molecule has 7 rings (SSSR count). The van der Waals surface area contributed by atoms with E-state index in [1.807, 2.05) is 20.8 Å². The molecule has 1 saturated heterocycles. The van der Waals surface area contributed by atoms with Crippen molar-refractivity contribution < 1.29 is 42.9 Å². The highest BCUT2D eigenvalue weighted by Crippen LogP contribution is 2.41. The highest BCUT2D eigenvalue weighted by Gasteiger charge is 2.46. The highest BCUT2D eigenvalue weighted by molar-refractivity contribution is 8.00. The van der Waals surface area contributed by atoms with Crippen molar-refractivity contribution in [2.24, 2.45) is 5.92 Å². The molecule has 6 heterocycles. The van der Waals surface area contributed by atoms with E-state index in [2.05, 4.69) is 68.7 Å². The van der Waals surface area contributed by atoms with Gasteiger partial charge < -0.3 is 45.3 Å². The van der Waals surface area contributed by atoms with E-state index in [9.17, 15) is 38.3 Å². The Morgan fingerprint density at radius 2 is 1.72 bits per heavy atom. The smallest absolute Gasteiger partial charge is 0.343 e. The molecule has 18 nitrogen and oxygen atoms in total. The maximum atomic E-state index is 15.0. The number of aliphatic hydroxyl groups is 1. The summed E-state index contributed by atoms with van der Waals surface area (Å²) in [6.45, 7) is 16.9. The number of likely N-dealkylation sites (tertiary alicyclic amines) is 1. The first-order chi connectivity index (χ1) is 36.3. The molecule has 0 unspecified atom stereocenters. The third-order valence-corrected chi connectivity index (χ3v) is 16.7. The minimum atomic E-state index is -1.99. The van der Waals surface area contributed by atoms with Crippen LogP contribution in [0.15, 0.2) is 40.5 Å². The number of esters is 1. The maximum Gasteiger partial charge on any atom is 0.343 e. The van der Waals surface area contributed by atoms with Crippen molar-refractivity contribution in [2.45, 2.75) is 160 Å². The molecule has 3 aliphatic heterocycles. The molecule has 0 aliphatic carbocycles. The van der Waals surface area contributed by atoms with E-state index in [0.717, 1.165) is 35.9 Å². The van der Waals surface area contributed by atoms with Gasteiger partial charge >= 0.3 is 5.97 Å². The zero-order valence-corrected chi connectivity index (χ0v) is 45.8. The number of hydrogen-bond donors (Lipinski definition) is 5. The number of benzene rings is 1. The van der Waals surface area contributed by atoms with E-state index in [1.54, 1.807) is 54.7 Å². The third-order valence-electron chi connectivity index (χ3n) is 15.2. The Bertz CT molecular complexity index is 2960. The van der Waals surface area contributed by atoms with Crippen molar-refractivity contribution >= 4 is 52.3 Å². The summed E-state index contributed by atoms with van der Waals surface area (Å²) in [5, 5.41) is 24.0. The summed E-state index contributed by atoms with van der Waals surface area (Å²) in [6.07, 6.45) is 8.04. The van der Waals surface area contributed by atoms with Crippen molar-refractivity contribution in [3.8, 4) is 23.2 Å². The number of fused-ring (bicyclic) bond motifs is 5. The summed E-state index contributed by atoms with van der Waals surface area (Å²) >= 11 is 1.66. The van der Waals surface area contributed by atoms with Crippen LogP contribution >= 0.6 is 11.8 Å². The number of amides is 4. The number of cyclic esters (lactones) is 1. The number of halogens is 1. The summed E-state index contributed by atoms with van der Waals surface area (Å²) in [6, 6.07) is 3.81. The van der Waals surface area contributed by atoms with Gasteiger partial charge in [-0.15, -0.1) is 0 Å². The topological polar surface area (TPSA) is 236 Å². The molecule has 0 radical (unpaired) electrons. The van der Waals surface area contributed by atoms with Crippen LogP contribution in [0.4, 0.5) is 4.39 Å². The number of carbonyl (C=O) groups is 5. The van der Waals surface area contributed by atoms with E-state index in [0.29, 0.717) is 84.8 Å². The molecule has 408 valence electrons. The molecule has 76 heavy (non-hydrogen) atoms. The van der Waals surface area contributed by atoms with E-state index >= 15 is 0 Å². The van der Waals surface area contributed by atoms with Crippen LogP contribution in [0.3, 0.4) is 0 Å². The molecule has 0 saturated carbocycles. The van der Waals surface area contributed by atoms with Crippen LogP contribution < -0.4 is 26.8 Å². The zero-order chi connectivity index (χ0) is 55.0. The van der Waals surface area contributed by atoms with Crippen LogP contribution in [0.5, 0.6) is 0 Å². The Morgan fingerprint density at radius 3 is 2.39 bits per heavy atom. The second-order valence-electron chi connectivity index (χ2n) is 20.5. The van der Waals surface area contributed by atoms with Crippen LogP contribution in [0.2, 0.25) is 0 Å². The highest BCUT2D eigenvalue weighted by atomic mass is 32.2. The molecule has 4 amide bonds. The Morgan fingerprint density at radius 1 is 1.00 bits per heavy atom. The molecular formula is C56H72FN9O9S. The SMILES string of the molecule is CCN1CCC(NC(=O)[C@@H](NC(=O)CCCC#Cc2cnc(SC(C)(CC)CC)nc2)C(C)C)(C(=O)NCC(=O)NCOCCCc2c3c(nc4cc(F)c(C)cc24)-c2cc4c(c(=O)n2C3)COC(=O)[C@]4(O)CC)CC1. The van der Waals surface area contributed by atoms with Gasteiger partial charge in [0.1, 0.15) is 30.7 Å². The third kappa shape index (κ3) is 12.8. The minimum Gasteiger partial charge on any atom is -0.458 e. The Kier molecular flexibility index (Phi) is 18.7. The van der Waals surface area contributed by atoms with Crippen molar-refractivity contribution in [2.75, 3.05) is 39.5 Å². The molecular weight excluding hydrogens is 994 g/mol. The van der Waals surface area contributed by atoms with Crippen LogP contribution in [0, 0.1) is 30.5 Å². The average molecular weight is 1070 g/mol. The summed E-state index contributed by atoms with van der Waals surface area (Å²) in [5.74, 6) is 2.80. The number of aromatic nitrogens is 4. The van der Waals surface area contributed by atoms with Gasteiger partial charge in [0.2, 0.25) is 23.6 Å². The Labute approximate surface area is 447 Å². The number of nitrogens with zero attached hydrogens (tertiary/aromatic N) is 5. The number of pyridine rings is 2. The fraction of sp³-hybridized carbons (Fsp3) is 0.554. The number of aryl methyl sites for hydroxylation is 2. The fourth-order valence-electron chi connectivity index (χ4n) is 9.83. The van der Waals surface area contributed by atoms with Crippen LogP contribution in [-0.2, 0) is 58.6 Å². The number of ether oxygens (including phenoxy) is 2. The summed E-state index contributed by atoms with van der Waals surface area (Å²) in [4.78, 5) is 96.7. The lowest BCUT2D eigenvalue weighted by Crippen LogP contribution is -2.66. The van der Waals surface area contributed by atoms with Crippen LogP contribution in [-0.4, -0.2) is 115 Å². The van der Waals surface area contributed by atoms with Crippen molar-refractivity contribution in [3.05, 3.63) is 80.1 Å². The zero-order valence-electron chi connectivity index (χ0n) is 45.0. The van der Waals surface area contributed by atoms with Gasteiger partial charge in [-0.25, -0.2) is 24.1 Å². The van der Waals surface area contributed by atoms with Crippen molar-refractivity contribution in [1.29, 1.82) is 0 Å². The van der Waals surface area contributed by atoms with Gasteiger partial charge in [-0.2, -0.15) is 0 Å². The van der Waals surface area contributed by atoms with Gasteiger partial charge in [-0.3, -0.25) is 24.0 Å². The standard InChI is InChI=1S/C56H72FN9O9S/c1-9-54(8,10-2)76-53-59-28-36(29-60-53)17-14-13-15-19-45(67)63-47(34(5)6)49(69)64-55(20-22-65(12-4)23-21-55)51(71)58-30-46(68)61-33-74-24-16-18-37-38-25-35(7)42(57)27-43(38)62-48-39(37)31-66-44(48)26-41-40(50(66)70)32-75-52(72)56(41,73)11-3/h25-29,34,47,73H,9-13,15-16,18-24,30-33H2,1-8H3,(H,58,71)(H,61,68)(H,63,67)(H,64,69)/t47-,56-/m0/s1. The van der Waals surface area contributed by atoms with E-state index in [-0.39, 0.29) is 73.6 Å². The number of hydrogen-bond acceptors (Lipinski definition) is 14. The molecule has 5 N–H and O–H groups in total. The first-order valence-corrected chi connectivity index (χ1v) is 27.4. The molecule has 4 aromatic rings. The molecule has 1 aromatic carbocycles. The number of carbonyl (C=O) groups excluding carboxylic acids is 5. The number of unbranched alkanes of at least 4 members (excludes halogenated alkanes) is 1. The molecule has 3 aliphatic rings. The lowest BCUT2D eigenvalue weighted by molar-refractivity contribution is -0.172. The largest absolute Gasteiger partial charge is 0.458 e. The number of rotatable bonds is 22. The summed E-state index contributed by atoms with van der Waals surface area (Å²) in [5.41, 5.74) is 0.660. The Hall–Kier alpha value is -6.27. The van der Waals surface area contributed by atoms with Gasteiger partial charge in [0.05, 0.1) is 41.1 Å². The predicted molar refractivity (Wildman–Crippen MR) is 286 cm³/mol. The first-order valence-electron chi connectivity index (χ1n) is 26.5. The van der Waals surface area contributed by atoms with Gasteiger partial charge in [0, 0.05) is 72.3 Å². The second kappa shape index (κ2) is 24.8. The van der Waals surface area contributed by atoms with Gasteiger partial charge in [-0.05, 0) is 101 Å². The monoisotopic (exact) mass is 1070 g/mol. The van der Waals surface area contributed by atoms with Crippen molar-refractivity contribution in [1.82, 2.24) is 45.7 Å². The molecule has 0 bridgehead atoms. The van der Waals surface area contributed by atoms with E-state index < -0.39 is 52.2 Å². The molecule has 2 atom stereocenters. The second-order valence-corrected chi connectivity index (χ2v) is 22.1. The minimum absolute atomic E-state index is 0.00318. The quantitative estimate of drug-likeness (QED) is 0.0145. The Balaban J connectivity index is 0.903. The average Bonchev–Trinajstić information content (AvgIpc) is 3.80. The lowest BCUT2D eigenvalue weighted by atomic mass is 9.85. The van der Waals surface area contributed by atoms with E-state index in [1.165, 1.54) is 6.07 Å². The van der Waals surface area contributed by atoms with Crippen LogP contribution in [0.1, 0.15) is 140 Å². The molecule has 1 fully saturated rings. The van der Waals surface area contributed by atoms with Gasteiger partial charge in [0.15, 0.2) is 10.8 Å². The lowest BCUT2D eigenvalue weighted by Gasteiger charge is -2.41.